The highest BCUT2D eigenvalue weighted by Crippen LogP contribution is 2.06. The molecule has 0 fully saturated rings. The van der Waals surface area contributed by atoms with E-state index in [1.54, 1.807) is 0 Å². The molecule has 1 unspecified atom stereocenters. The van der Waals surface area contributed by atoms with Gasteiger partial charge in [-0.3, -0.25) is 4.98 Å². The molecular weight excluding hydrogens is 162 g/mol. The van der Waals surface area contributed by atoms with Crippen molar-refractivity contribution < 1.29 is 4.74 Å². The summed E-state index contributed by atoms with van der Waals surface area (Å²) in [6, 6.07) is 4.06. The molecule has 0 aliphatic heterocycles. The zero-order chi connectivity index (χ0) is 9.68. The first-order chi connectivity index (χ1) is 6.18. The van der Waals surface area contributed by atoms with Gasteiger partial charge in [0.15, 0.2) is 0 Å². The smallest absolute Gasteiger partial charge is 0.0590 e. The fourth-order valence-electron chi connectivity index (χ4n) is 1.36. The maximum atomic E-state index is 5.63. The van der Waals surface area contributed by atoms with Crippen LogP contribution in [0.25, 0.3) is 0 Å². The van der Waals surface area contributed by atoms with Crippen molar-refractivity contribution in [1.82, 2.24) is 4.98 Å². The molecule has 13 heavy (non-hydrogen) atoms. The summed E-state index contributed by atoms with van der Waals surface area (Å²) >= 11 is 0. The number of pyridine rings is 1. The molecule has 0 aromatic carbocycles. The molecule has 0 aliphatic carbocycles. The molecule has 0 radical (unpaired) electrons. The van der Waals surface area contributed by atoms with E-state index < -0.39 is 0 Å². The van der Waals surface area contributed by atoms with E-state index in [1.807, 2.05) is 24.5 Å². The maximum Gasteiger partial charge on any atom is 0.0590 e. The van der Waals surface area contributed by atoms with Gasteiger partial charge in [-0.15, -0.1) is 0 Å². The molecule has 72 valence electrons. The third-order valence-electron chi connectivity index (χ3n) is 1.78. The number of hydrogen-bond donors (Lipinski definition) is 0. The van der Waals surface area contributed by atoms with Crippen LogP contribution in [0.4, 0.5) is 0 Å². The Kier molecular flexibility index (Phi) is 3.90. The molecule has 2 heteroatoms. The topological polar surface area (TPSA) is 22.1 Å². The van der Waals surface area contributed by atoms with E-state index in [0.29, 0.717) is 6.10 Å². The number of hydrogen-bond acceptors (Lipinski definition) is 2. The summed E-state index contributed by atoms with van der Waals surface area (Å²) in [5, 5.41) is 0. The zero-order valence-electron chi connectivity index (χ0n) is 8.53. The normalized spacial score (nSPS) is 13.2. The molecular formula is C11H17NO. The molecule has 2 nitrogen and oxygen atoms in total. The van der Waals surface area contributed by atoms with Gasteiger partial charge < -0.3 is 4.74 Å². The summed E-state index contributed by atoms with van der Waals surface area (Å²) in [7, 11) is 0. The van der Waals surface area contributed by atoms with Crippen LogP contribution in [0.5, 0.6) is 0 Å². The van der Waals surface area contributed by atoms with Crippen LogP contribution >= 0.6 is 0 Å². The second kappa shape index (κ2) is 4.97. The van der Waals surface area contributed by atoms with E-state index in [0.717, 1.165) is 6.42 Å². The van der Waals surface area contributed by atoms with E-state index in [-0.39, 0.29) is 6.10 Å². The Hall–Kier alpha value is -0.890. The third kappa shape index (κ3) is 4.04. The van der Waals surface area contributed by atoms with Gasteiger partial charge in [-0.05, 0) is 44.9 Å². The van der Waals surface area contributed by atoms with Crippen molar-refractivity contribution in [2.75, 3.05) is 0 Å². The summed E-state index contributed by atoms with van der Waals surface area (Å²) in [6.07, 6.45) is 5.18. The fourth-order valence-corrected chi connectivity index (χ4v) is 1.36. The minimum Gasteiger partial charge on any atom is -0.376 e. The number of rotatable bonds is 4. The van der Waals surface area contributed by atoms with Crippen LogP contribution in [0.1, 0.15) is 26.3 Å². The fraction of sp³-hybridized carbons (Fsp3) is 0.545. The van der Waals surface area contributed by atoms with Gasteiger partial charge >= 0.3 is 0 Å². The Bertz CT molecular complexity index is 233. The molecule has 0 spiro atoms. The third-order valence-corrected chi connectivity index (χ3v) is 1.78. The van der Waals surface area contributed by atoms with E-state index >= 15 is 0 Å². The van der Waals surface area contributed by atoms with Gasteiger partial charge in [-0.2, -0.15) is 0 Å². The number of nitrogens with zero attached hydrogens (tertiary/aromatic N) is 1. The Balaban J connectivity index is 2.41. The first-order valence-corrected chi connectivity index (χ1v) is 4.73. The highest BCUT2D eigenvalue weighted by molar-refractivity contribution is 5.10. The standard InChI is InChI=1S/C11H17NO/c1-9(2)13-10(3)8-11-4-6-12-7-5-11/h4-7,9-10H,8H2,1-3H3. The predicted octanol–water partition coefficient (Wildman–Crippen LogP) is 2.44. The molecule has 1 rings (SSSR count). The van der Waals surface area contributed by atoms with Crippen LogP contribution in [-0.4, -0.2) is 17.2 Å². The van der Waals surface area contributed by atoms with E-state index in [2.05, 4.69) is 25.8 Å². The molecule has 1 aromatic heterocycles. The minimum atomic E-state index is 0.280. The lowest BCUT2D eigenvalue weighted by molar-refractivity contribution is 0.0195. The first-order valence-electron chi connectivity index (χ1n) is 4.73. The quantitative estimate of drug-likeness (QED) is 0.708. The molecule has 0 aliphatic rings. The van der Waals surface area contributed by atoms with Crippen LogP contribution in [-0.2, 0) is 11.2 Å². The molecule has 0 saturated heterocycles. The predicted molar refractivity (Wildman–Crippen MR) is 53.6 cm³/mol. The second-order valence-electron chi connectivity index (χ2n) is 3.56. The summed E-state index contributed by atoms with van der Waals surface area (Å²) in [5.41, 5.74) is 1.28. The van der Waals surface area contributed by atoms with Crippen LogP contribution in [0.2, 0.25) is 0 Å². The van der Waals surface area contributed by atoms with Crippen LogP contribution in [0.15, 0.2) is 24.5 Å². The lowest BCUT2D eigenvalue weighted by Gasteiger charge is -2.15. The molecule has 0 bridgehead atoms. The Labute approximate surface area is 80.0 Å². The average Bonchev–Trinajstić information content (AvgIpc) is 2.04. The van der Waals surface area contributed by atoms with Gasteiger partial charge in [0.05, 0.1) is 12.2 Å². The van der Waals surface area contributed by atoms with Gasteiger partial charge in [0.2, 0.25) is 0 Å². The molecule has 0 N–H and O–H groups in total. The summed E-state index contributed by atoms with van der Waals surface area (Å²) in [4.78, 5) is 3.97. The summed E-state index contributed by atoms with van der Waals surface area (Å²) in [5.74, 6) is 0. The molecule has 0 amide bonds. The van der Waals surface area contributed by atoms with Gasteiger partial charge in [0.25, 0.3) is 0 Å². The highest BCUT2D eigenvalue weighted by atomic mass is 16.5. The van der Waals surface area contributed by atoms with E-state index in [4.69, 9.17) is 4.74 Å². The molecule has 0 saturated carbocycles. The number of ether oxygens (including phenoxy) is 1. The Morgan fingerprint density at radius 1 is 1.23 bits per heavy atom. The molecule has 1 heterocycles. The highest BCUT2D eigenvalue weighted by Gasteiger charge is 2.05. The van der Waals surface area contributed by atoms with Crippen LogP contribution in [0.3, 0.4) is 0 Å². The lowest BCUT2D eigenvalue weighted by atomic mass is 10.1. The Morgan fingerprint density at radius 2 is 1.85 bits per heavy atom. The zero-order valence-corrected chi connectivity index (χ0v) is 8.53. The van der Waals surface area contributed by atoms with E-state index in [9.17, 15) is 0 Å². The van der Waals surface area contributed by atoms with Crippen molar-refractivity contribution in [1.29, 1.82) is 0 Å². The van der Waals surface area contributed by atoms with Crippen LogP contribution in [0, 0.1) is 0 Å². The minimum absolute atomic E-state index is 0.280. The summed E-state index contributed by atoms with van der Waals surface area (Å²) in [6.45, 7) is 6.21. The second-order valence-corrected chi connectivity index (χ2v) is 3.56. The monoisotopic (exact) mass is 179 g/mol. The van der Waals surface area contributed by atoms with Crippen LogP contribution < -0.4 is 0 Å². The van der Waals surface area contributed by atoms with Crippen molar-refractivity contribution in [2.45, 2.75) is 39.4 Å². The van der Waals surface area contributed by atoms with E-state index in [1.165, 1.54) is 5.56 Å². The van der Waals surface area contributed by atoms with Gasteiger partial charge in [-0.25, -0.2) is 0 Å². The summed E-state index contributed by atoms with van der Waals surface area (Å²) < 4.78 is 5.63. The average molecular weight is 179 g/mol. The number of aromatic nitrogens is 1. The van der Waals surface area contributed by atoms with Gasteiger partial charge in [-0.1, -0.05) is 0 Å². The largest absolute Gasteiger partial charge is 0.376 e. The SMILES string of the molecule is CC(C)OC(C)Cc1ccncc1. The van der Waals surface area contributed by atoms with Crippen molar-refractivity contribution in [3.63, 3.8) is 0 Å². The Morgan fingerprint density at radius 3 is 2.38 bits per heavy atom. The molecule has 1 aromatic rings. The van der Waals surface area contributed by atoms with Crippen molar-refractivity contribution >= 4 is 0 Å². The van der Waals surface area contributed by atoms with Gasteiger partial charge in [0, 0.05) is 12.4 Å². The van der Waals surface area contributed by atoms with Crippen molar-refractivity contribution in [3.8, 4) is 0 Å². The van der Waals surface area contributed by atoms with Gasteiger partial charge in [0.1, 0.15) is 0 Å². The molecule has 1 atom stereocenters. The maximum absolute atomic E-state index is 5.63. The van der Waals surface area contributed by atoms with Crippen molar-refractivity contribution in [2.24, 2.45) is 0 Å². The lowest BCUT2D eigenvalue weighted by Crippen LogP contribution is -2.16. The van der Waals surface area contributed by atoms with Crippen molar-refractivity contribution in [3.05, 3.63) is 30.1 Å². The first kappa shape index (κ1) is 10.2.